The Morgan fingerprint density at radius 2 is 1.90 bits per heavy atom. The van der Waals surface area contributed by atoms with Crippen LogP contribution in [0.25, 0.3) is 0 Å². The molecule has 1 unspecified atom stereocenters. The van der Waals surface area contributed by atoms with Gasteiger partial charge in [-0.15, -0.1) is 0 Å². The van der Waals surface area contributed by atoms with Gasteiger partial charge in [-0.25, -0.2) is 8.78 Å². The Kier molecular flexibility index (Phi) is 5.64. The van der Waals surface area contributed by atoms with Crippen molar-refractivity contribution >= 4 is 5.91 Å². The van der Waals surface area contributed by atoms with E-state index in [9.17, 15) is 13.6 Å². The highest BCUT2D eigenvalue weighted by molar-refractivity contribution is 5.81. The number of rotatable bonds is 5. The molecule has 0 aromatic heterocycles. The highest BCUT2D eigenvalue weighted by Crippen LogP contribution is 2.18. The summed E-state index contributed by atoms with van der Waals surface area (Å²) in [6.45, 7) is 4.68. The van der Waals surface area contributed by atoms with E-state index in [-0.39, 0.29) is 17.5 Å². The van der Waals surface area contributed by atoms with E-state index in [1.807, 2.05) is 6.92 Å². The lowest BCUT2D eigenvalue weighted by Crippen LogP contribution is -2.49. The second-order valence-corrected chi connectivity index (χ2v) is 5.08. The van der Waals surface area contributed by atoms with E-state index in [1.165, 1.54) is 12.1 Å². The topological polar surface area (TPSA) is 41.6 Å². The van der Waals surface area contributed by atoms with Crippen molar-refractivity contribution in [3.05, 3.63) is 35.4 Å². The number of nitrogens with one attached hydrogen (secondary N) is 1. The number of halogens is 2. The highest BCUT2D eigenvalue weighted by Gasteiger charge is 2.21. The Bertz CT molecular complexity index is 459. The summed E-state index contributed by atoms with van der Waals surface area (Å²) in [5.41, 5.74) is 0.886. The van der Waals surface area contributed by atoms with E-state index in [2.05, 4.69) is 5.32 Å². The molecule has 1 aliphatic heterocycles. The molecule has 1 aliphatic rings. The van der Waals surface area contributed by atoms with Crippen molar-refractivity contribution in [2.45, 2.75) is 25.9 Å². The number of carbonyl (C=O) groups excluding carboxylic acids is 1. The minimum absolute atomic E-state index is 0.0104. The van der Waals surface area contributed by atoms with Crippen LogP contribution in [0.3, 0.4) is 0 Å². The molecule has 1 aromatic carbocycles. The molecule has 1 amide bonds. The largest absolute Gasteiger partial charge is 0.378 e. The normalized spacial score (nSPS) is 17.0. The second kappa shape index (κ2) is 7.47. The van der Waals surface area contributed by atoms with E-state index >= 15 is 0 Å². The zero-order valence-electron chi connectivity index (χ0n) is 12.0. The molecule has 0 spiro atoms. The summed E-state index contributed by atoms with van der Waals surface area (Å²) in [6.07, 6.45) is -2.45. The SMILES string of the molecule is CC(NCc1ccc(C(F)F)cc1)C(=O)N1CCOCC1. The second-order valence-electron chi connectivity index (χ2n) is 5.08. The number of hydrogen-bond donors (Lipinski definition) is 1. The van der Waals surface area contributed by atoms with Crippen LogP contribution in [0.1, 0.15) is 24.5 Å². The molecule has 1 aromatic rings. The molecule has 4 nitrogen and oxygen atoms in total. The minimum Gasteiger partial charge on any atom is -0.378 e. The van der Waals surface area contributed by atoms with Crippen LogP contribution in [0.5, 0.6) is 0 Å². The molecule has 0 radical (unpaired) electrons. The first-order valence-corrected chi connectivity index (χ1v) is 7.05. The lowest BCUT2D eigenvalue weighted by molar-refractivity contribution is -0.137. The van der Waals surface area contributed by atoms with Crippen LogP contribution in [0, 0.1) is 0 Å². The van der Waals surface area contributed by atoms with Gasteiger partial charge >= 0.3 is 0 Å². The van der Waals surface area contributed by atoms with Gasteiger partial charge in [-0.05, 0) is 12.5 Å². The van der Waals surface area contributed by atoms with E-state index in [0.717, 1.165) is 5.56 Å². The van der Waals surface area contributed by atoms with Crippen molar-refractivity contribution in [1.29, 1.82) is 0 Å². The van der Waals surface area contributed by atoms with Gasteiger partial charge in [-0.1, -0.05) is 24.3 Å². The monoisotopic (exact) mass is 298 g/mol. The first-order chi connectivity index (χ1) is 10.1. The molecule has 1 fully saturated rings. The maximum Gasteiger partial charge on any atom is 0.263 e. The highest BCUT2D eigenvalue weighted by atomic mass is 19.3. The maximum absolute atomic E-state index is 12.4. The van der Waals surface area contributed by atoms with Gasteiger partial charge in [0.1, 0.15) is 0 Å². The summed E-state index contributed by atoms with van der Waals surface area (Å²) in [4.78, 5) is 14.0. The number of alkyl halides is 2. The van der Waals surface area contributed by atoms with E-state index < -0.39 is 6.43 Å². The molecular weight excluding hydrogens is 278 g/mol. The van der Waals surface area contributed by atoms with Gasteiger partial charge in [0, 0.05) is 25.2 Å². The van der Waals surface area contributed by atoms with Crippen LogP contribution in [0.4, 0.5) is 8.78 Å². The van der Waals surface area contributed by atoms with Crippen molar-refractivity contribution < 1.29 is 18.3 Å². The maximum atomic E-state index is 12.4. The Labute approximate surface area is 123 Å². The van der Waals surface area contributed by atoms with Crippen LogP contribution in [0.2, 0.25) is 0 Å². The third-order valence-corrected chi connectivity index (χ3v) is 3.54. The molecule has 1 N–H and O–H groups in total. The van der Waals surface area contributed by atoms with Crippen LogP contribution in [-0.4, -0.2) is 43.2 Å². The van der Waals surface area contributed by atoms with Gasteiger partial charge in [0.25, 0.3) is 6.43 Å². The van der Waals surface area contributed by atoms with E-state index in [1.54, 1.807) is 17.0 Å². The lowest BCUT2D eigenvalue weighted by atomic mass is 10.1. The predicted molar refractivity (Wildman–Crippen MR) is 75.1 cm³/mol. The summed E-state index contributed by atoms with van der Waals surface area (Å²) in [6, 6.07) is 5.82. The smallest absolute Gasteiger partial charge is 0.263 e. The third-order valence-electron chi connectivity index (χ3n) is 3.54. The van der Waals surface area contributed by atoms with E-state index in [4.69, 9.17) is 4.74 Å². The molecule has 6 heteroatoms. The molecule has 0 saturated carbocycles. The fraction of sp³-hybridized carbons (Fsp3) is 0.533. The van der Waals surface area contributed by atoms with Crippen LogP contribution >= 0.6 is 0 Å². The number of hydrogen-bond acceptors (Lipinski definition) is 3. The molecule has 0 bridgehead atoms. The Morgan fingerprint density at radius 1 is 1.29 bits per heavy atom. The summed E-state index contributed by atoms with van der Waals surface area (Å²) in [5.74, 6) is 0.0440. The summed E-state index contributed by atoms with van der Waals surface area (Å²) in [7, 11) is 0. The molecule has 1 atom stereocenters. The first-order valence-electron chi connectivity index (χ1n) is 7.05. The van der Waals surface area contributed by atoms with Crippen molar-refractivity contribution in [2.24, 2.45) is 0 Å². The van der Waals surface area contributed by atoms with Gasteiger partial charge in [0.2, 0.25) is 5.91 Å². The number of benzene rings is 1. The first kappa shape index (κ1) is 15.9. The van der Waals surface area contributed by atoms with Crippen LogP contribution in [-0.2, 0) is 16.1 Å². The number of carbonyl (C=O) groups is 1. The molecule has 1 saturated heterocycles. The quantitative estimate of drug-likeness (QED) is 0.903. The third kappa shape index (κ3) is 4.47. The molecule has 2 rings (SSSR count). The zero-order valence-corrected chi connectivity index (χ0v) is 12.0. The Morgan fingerprint density at radius 3 is 2.48 bits per heavy atom. The molecular formula is C15H20F2N2O2. The minimum atomic E-state index is -2.45. The fourth-order valence-electron chi connectivity index (χ4n) is 2.20. The lowest BCUT2D eigenvalue weighted by Gasteiger charge is -2.29. The Hall–Kier alpha value is -1.53. The Balaban J connectivity index is 1.82. The van der Waals surface area contributed by atoms with Crippen molar-refractivity contribution in [1.82, 2.24) is 10.2 Å². The summed E-state index contributed by atoms with van der Waals surface area (Å²) in [5, 5.41) is 3.13. The zero-order chi connectivity index (χ0) is 15.2. The van der Waals surface area contributed by atoms with Crippen LogP contribution in [0.15, 0.2) is 24.3 Å². The fourth-order valence-corrected chi connectivity index (χ4v) is 2.20. The van der Waals surface area contributed by atoms with Crippen molar-refractivity contribution in [3.63, 3.8) is 0 Å². The molecule has 1 heterocycles. The molecule has 21 heavy (non-hydrogen) atoms. The number of ether oxygens (including phenoxy) is 1. The summed E-state index contributed by atoms with van der Waals surface area (Å²) < 4.78 is 30.1. The van der Waals surface area contributed by atoms with Crippen molar-refractivity contribution in [3.8, 4) is 0 Å². The van der Waals surface area contributed by atoms with Gasteiger partial charge in [-0.3, -0.25) is 4.79 Å². The van der Waals surface area contributed by atoms with Gasteiger partial charge in [0.05, 0.1) is 19.3 Å². The average molecular weight is 298 g/mol. The summed E-state index contributed by atoms with van der Waals surface area (Å²) >= 11 is 0. The number of amides is 1. The standard InChI is InChI=1S/C15H20F2N2O2/c1-11(15(20)19-6-8-21-9-7-19)18-10-12-2-4-13(5-3-12)14(16)17/h2-5,11,14,18H,6-10H2,1H3. The molecule has 116 valence electrons. The van der Waals surface area contributed by atoms with Gasteiger partial charge in [0.15, 0.2) is 0 Å². The van der Waals surface area contributed by atoms with Gasteiger partial charge < -0.3 is 15.0 Å². The molecule has 0 aliphatic carbocycles. The average Bonchev–Trinajstić information content (AvgIpc) is 2.53. The van der Waals surface area contributed by atoms with E-state index in [0.29, 0.717) is 32.8 Å². The number of morpholine rings is 1. The van der Waals surface area contributed by atoms with Gasteiger partial charge in [-0.2, -0.15) is 0 Å². The van der Waals surface area contributed by atoms with Crippen molar-refractivity contribution in [2.75, 3.05) is 26.3 Å². The number of nitrogens with zero attached hydrogens (tertiary/aromatic N) is 1. The predicted octanol–water partition coefficient (Wildman–Crippen LogP) is 1.96. The van der Waals surface area contributed by atoms with Crippen LogP contribution < -0.4 is 5.32 Å².